The molecule has 20 heavy (non-hydrogen) atoms. The maximum Gasteiger partial charge on any atom is 0.108 e. The number of aryl methyl sites for hydroxylation is 1. The maximum absolute atomic E-state index is 10.4. The summed E-state index contributed by atoms with van der Waals surface area (Å²) in [6, 6.07) is 18.3. The van der Waals surface area contributed by atoms with Crippen LogP contribution in [0.5, 0.6) is 0 Å². The third-order valence-electron chi connectivity index (χ3n) is 3.61. The van der Waals surface area contributed by atoms with Gasteiger partial charge in [-0.05, 0) is 23.1 Å². The van der Waals surface area contributed by atoms with Crippen LogP contribution in [0.15, 0.2) is 54.6 Å². The third-order valence-corrected chi connectivity index (χ3v) is 3.61. The van der Waals surface area contributed by atoms with Gasteiger partial charge in [-0.1, -0.05) is 61.5 Å². The van der Waals surface area contributed by atoms with E-state index in [2.05, 4.69) is 19.1 Å². The first-order valence-electron chi connectivity index (χ1n) is 7.08. The Morgan fingerprint density at radius 1 is 0.950 bits per heavy atom. The van der Waals surface area contributed by atoms with Crippen molar-refractivity contribution in [2.24, 2.45) is 0 Å². The first-order valence-corrected chi connectivity index (χ1v) is 7.08. The minimum Gasteiger partial charge on any atom is -0.390 e. The van der Waals surface area contributed by atoms with Gasteiger partial charge in [-0.25, -0.2) is 0 Å². The number of ether oxygens (including phenoxy) is 1. The van der Waals surface area contributed by atoms with Crippen LogP contribution in [0.25, 0.3) is 0 Å². The van der Waals surface area contributed by atoms with Gasteiger partial charge in [0, 0.05) is 13.5 Å². The normalized spacial score (nSPS) is 13.9. The van der Waals surface area contributed by atoms with E-state index >= 15 is 0 Å². The summed E-state index contributed by atoms with van der Waals surface area (Å²) in [5, 5.41) is 10.4. The summed E-state index contributed by atoms with van der Waals surface area (Å²) in [5.74, 6) is 0. The van der Waals surface area contributed by atoms with Gasteiger partial charge in [0.15, 0.2) is 0 Å². The Morgan fingerprint density at radius 3 is 2.15 bits per heavy atom. The van der Waals surface area contributed by atoms with Crippen LogP contribution in [0.4, 0.5) is 0 Å². The predicted octanol–water partition coefficient (Wildman–Crippen LogP) is 3.54. The fourth-order valence-electron chi connectivity index (χ4n) is 2.42. The second-order valence-corrected chi connectivity index (χ2v) is 5.01. The molecule has 2 nitrogen and oxygen atoms in total. The Labute approximate surface area is 121 Å². The highest BCUT2D eigenvalue weighted by atomic mass is 16.5. The fraction of sp³-hybridized carbons (Fsp3) is 0.333. The fourth-order valence-corrected chi connectivity index (χ4v) is 2.42. The van der Waals surface area contributed by atoms with Gasteiger partial charge >= 0.3 is 0 Å². The standard InChI is InChI=1S/C18H22O2/c1-3-14-9-11-16(12-10-14)18(20-2)17(19)13-15-7-5-4-6-8-15/h4-12,17-19H,3,13H2,1-2H3. The van der Waals surface area contributed by atoms with Gasteiger partial charge in [-0.3, -0.25) is 0 Å². The van der Waals surface area contributed by atoms with E-state index in [-0.39, 0.29) is 6.10 Å². The molecular formula is C18H22O2. The molecule has 0 aliphatic carbocycles. The summed E-state index contributed by atoms with van der Waals surface area (Å²) in [6.07, 6.45) is 0.773. The lowest BCUT2D eigenvalue weighted by Crippen LogP contribution is -2.22. The van der Waals surface area contributed by atoms with Crippen molar-refractivity contribution in [2.75, 3.05) is 7.11 Å². The zero-order chi connectivity index (χ0) is 14.4. The third kappa shape index (κ3) is 3.69. The number of aliphatic hydroxyl groups is 1. The summed E-state index contributed by atoms with van der Waals surface area (Å²) in [4.78, 5) is 0. The highest BCUT2D eigenvalue weighted by Gasteiger charge is 2.20. The molecule has 106 valence electrons. The lowest BCUT2D eigenvalue weighted by Gasteiger charge is -2.22. The lowest BCUT2D eigenvalue weighted by molar-refractivity contribution is -0.0128. The summed E-state index contributed by atoms with van der Waals surface area (Å²) in [5.41, 5.74) is 3.43. The molecule has 0 amide bonds. The Balaban J connectivity index is 2.10. The quantitative estimate of drug-likeness (QED) is 0.870. The number of hydrogen-bond donors (Lipinski definition) is 1. The molecule has 0 heterocycles. The lowest BCUT2D eigenvalue weighted by atomic mass is 9.97. The average Bonchev–Trinajstić information content (AvgIpc) is 2.49. The van der Waals surface area contributed by atoms with Crippen molar-refractivity contribution in [3.63, 3.8) is 0 Å². The minimum absolute atomic E-state index is 0.291. The monoisotopic (exact) mass is 270 g/mol. The van der Waals surface area contributed by atoms with E-state index in [9.17, 15) is 5.11 Å². The zero-order valence-electron chi connectivity index (χ0n) is 12.1. The first kappa shape index (κ1) is 14.8. The number of rotatable bonds is 6. The Morgan fingerprint density at radius 2 is 1.60 bits per heavy atom. The molecule has 2 rings (SSSR count). The molecule has 0 aromatic heterocycles. The van der Waals surface area contributed by atoms with Crippen LogP contribution in [0.3, 0.4) is 0 Å². The molecule has 0 spiro atoms. The molecular weight excluding hydrogens is 248 g/mol. The largest absolute Gasteiger partial charge is 0.390 e. The van der Waals surface area contributed by atoms with E-state index in [0.717, 1.165) is 17.5 Å². The van der Waals surface area contributed by atoms with Crippen LogP contribution in [0, 0.1) is 0 Å². The summed E-state index contributed by atoms with van der Waals surface area (Å²) < 4.78 is 5.49. The van der Waals surface area contributed by atoms with Gasteiger partial charge in [-0.15, -0.1) is 0 Å². The number of methoxy groups -OCH3 is 1. The van der Waals surface area contributed by atoms with Gasteiger partial charge < -0.3 is 9.84 Å². The molecule has 0 aliphatic rings. The van der Waals surface area contributed by atoms with E-state index in [1.54, 1.807) is 7.11 Å². The predicted molar refractivity (Wildman–Crippen MR) is 81.7 cm³/mol. The molecule has 1 N–H and O–H groups in total. The van der Waals surface area contributed by atoms with E-state index in [1.807, 2.05) is 42.5 Å². The van der Waals surface area contributed by atoms with Crippen molar-refractivity contribution in [2.45, 2.75) is 32.0 Å². The molecule has 2 unspecified atom stereocenters. The molecule has 0 fully saturated rings. The van der Waals surface area contributed by atoms with Gasteiger partial charge in [0.1, 0.15) is 6.10 Å². The van der Waals surface area contributed by atoms with Crippen molar-refractivity contribution >= 4 is 0 Å². The molecule has 0 saturated heterocycles. The van der Waals surface area contributed by atoms with Crippen molar-refractivity contribution in [3.8, 4) is 0 Å². The molecule has 0 aliphatic heterocycles. The first-order chi connectivity index (χ1) is 9.74. The van der Waals surface area contributed by atoms with E-state index in [4.69, 9.17) is 4.74 Å². The number of hydrogen-bond acceptors (Lipinski definition) is 2. The van der Waals surface area contributed by atoms with Crippen LogP contribution in [-0.2, 0) is 17.6 Å². The summed E-state index contributed by atoms with van der Waals surface area (Å²) in [7, 11) is 1.65. The van der Waals surface area contributed by atoms with Crippen molar-refractivity contribution in [3.05, 3.63) is 71.3 Å². The van der Waals surface area contributed by atoms with Gasteiger partial charge in [0.2, 0.25) is 0 Å². The SMILES string of the molecule is CCc1ccc(C(OC)C(O)Cc2ccccc2)cc1. The Kier molecular flexibility index (Phi) is 5.33. The Bertz CT molecular complexity index is 505. The topological polar surface area (TPSA) is 29.5 Å². The highest BCUT2D eigenvalue weighted by Crippen LogP contribution is 2.23. The summed E-state index contributed by atoms with van der Waals surface area (Å²) >= 11 is 0. The van der Waals surface area contributed by atoms with E-state index < -0.39 is 6.10 Å². The smallest absolute Gasteiger partial charge is 0.108 e. The number of benzene rings is 2. The molecule has 2 aromatic rings. The van der Waals surface area contributed by atoms with Gasteiger partial charge in [0.05, 0.1) is 6.10 Å². The summed E-state index contributed by atoms with van der Waals surface area (Å²) in [6.45, 7) is 2.13. The van der Waals surface area contributed by atoms with E-state index in [1.165, 1.54) is 5.56 Å². The van der Waals surface area contributed by atoms with Gasteiger partial charge in [-0.2, -0.15) is 0 Å². The van der Waals surface area contributed by atoms with E-state index in [0.29, 0.717) is 6.42 Å². The zero-order valence-corrected chi connectivity index (χ0v) is 12.1. The molecule has 2 atom stereocenters. The van der Waals surface area contributed by atoms with Crippen LogP contribution in [0.2, 0.25) is 0 Å². The molecule has 2 aromatic carbocycles. The second-order valence-electron chi connectivity index (χ2n) is 5.01. The Hall–Kier alpha value is -1.64. The number of aliphatic hydroxyl groups excluding tert-OH is 1. The molecule has 2 heteroatoms. The highest BCUT2D eigenvalue weighted by molar-refractivity contribution is 5.26. The minimum atomic E-state index is -0.546. The van der Waals surface area contributed by atoms with Crippen LogP contribution < -0.4 is 0 Å². The van der Waals surface area contributed by atoms with Crippen molar-refractivity contribution in [1.82, 2.24) is 0 Å². The second kappa shape index (κ2) is 7.22. The molecule has 0 radical (unpaired) electrons. The van der Waals surface area contributed by atoms with Crippen LogP contribution >= 0.6 is 0 Å². The van der Waals surface area contributed by atoms with Gasteiger partial charge in [0.25, 0.3) is 0 Å². The van der Waals surface area contributed by atoms with Crippen molar-refractivity contribution in [1.29, 1.82) is 0 Å². The molecule has 0 bridgehead atoms. The maximum atomic E-state index is 10.4. The molecule has 0 saturated carbocycles. The average molecular weight is 270 g/mol. The van der Waals surface area contributed by atoms with Crippen LogP contribution in [-0.4, -0.2) is 18.3 Å². The van der Waals surface area contributed by atoms with Crippen LogP contribution in [0.1, 0.15) is 29.7 Å². The van der Waals surface area contributed by atoms with Crippen molar-refractivity contribution < 1.29 is 9.84 Å².